The van der Waals surface area contributed by atoms with Crippen molar-refractivity contribution in [3.05, 3.63) is 29.6 Å². The molecule has 7 heteroatoms. The number of carbonyl (C=O) groups excluding carboxylic acids is 2. The van der Waals surface area contributed by atoms with E-state index in [0.29, 0.717) is 24.1 Å². The first-order valence-corrected chi connectivity index (χ1v) is 6.73. The molecule has 0 saturated heterocycles. The topological polar surface area (TPSA) is 106 Å². The highest BCUT2D eigenvalue weighted by Gasteiger charge is 2.15. The largest absolute Gasteiger partial charge is 0.444 e. The van der Waals surface area contributed by atoms with Crippen molar-refractivity contribution in [3.63, 3.8) is 0 Å². The number of nitrogens with zero attached hydrogens (tertiary/aromatic N) is 1. The molecule has 1 aromatic heterocycles. The second-order valence-corrected chi connectivity index (χ2v) is 5.42. The number of rotatable bonds is 3. The van der Waals surface area contributed by atoms with E-state index in [9.17, 15) is 9.59 Å². The molecule has 22 heavy (non-hydrogen) atoms. The molecular formula is C15H20N4O3. The van der Waals surface area contributed by atoms with E-state index in [1.165, 1.54) is 6.20 Å². The van der Waals surface area contributed by atoms with Crippen molar-refractivity contribution < 1.29 is 14.3 Å². The van der Waals surface area contributed by atoms with Gasteiger partial charge < -0.3 is 10.1 Å². The third-order valence-electron chi connectivity index (χ3n) is 2.28. The van der Waals surface area contributed by atoms with Crippen molar-refractivity contribution in [2.45, 2.75) is 32.8 Å². The quantitative estimate of drug-likeness (QED) is 0.253. The predicted molar refractivity (Wildman–Crippen MR) is 81.6 cm³/mol. The SMILES string of the molecule is CC(C)(C)OC(=O)NCCC#Cc1cncc(C(=O)NN)c1. The molecule has 0 atom stereocenters. The highest BCUT2D eigenvalue weighted by Crippen LogP contribution is 2.06. The molecule has 0 unspecified atom stereocenters. The van der Waals surface area contributed by atoms with Crippen molar-refractivity contribution in [2.75, 3.05) is 6.54 Å². The lowest BCUT2D eigenvalue weighted by Crippen LogP contribution is -2.32. The van der Waals surface area contributed by atoms with Gasteiger partial charge in [0.2, 0.25) is 0 Å². The third-order valence-corrected chi connectivity index (χ3v) is 2.28. The minimum absolute atomic E-state index is 0.334. The molecule has 2 amide bonds. The van der Waals surface area contributed by atoms with Gasteiger partial charge in [-0.05, 0) is 26.8 Å². The average molecular weight is 304 g/mol. The second kappa shape index (κ2) is 8.00. The summed E-state index contributed by atoms with van der Waals surface area (Å²) in [5, 5.41) is 2.60. The smallest absolute Gasteiger partial charge is 0.407 e. The number of pyridine rings is 1. The summed E-state index contributed by atoms with van der Waals surface area (Å²) in [7, 11) is 0. The summed E-state index contributed by atoms with van der Waals surface area (Å²) in [5.41, 5.74) is 2.44. The Morgan fingerprint density at radius 3 is 2.73 bits per heavy atom. The zero-order chi connectivity index (χ0) is 16.6. The van der Waals surface area contributed by atoms with Crippen LogP contribution < -0.4 is 16.6 Å². The highest BCUT2D eigenvalue weighted by atomic mass is 16.6. The van der Waals surface area contributed by atoms with Crippen LogP contribution in [-0.2, 0) is 4.74 Å². The number of amides is 2. The third kappa shape index (κ3) is 6.72. The lowest BCUT2D eigenvalue weighted by atomic mass is 10.2. The van der Waals surface area contributed by atoms with Crippen LogP contribution in [0.4, 0.5) is 4.79 Å². The Bertz CT molecular complexity index is 597. The van der Waals surface area contributed by atoms with Gasteiger partial charge in [0.1, 0.15) is 5.60 Å². The Kier molecular flexibility index (Phi) is 6.35. The molecule has 0 bridgehead atoms. The van der Waals surface area contributed by atoms with Crippen LogP contribution >= 0.6 is 0 Å². The average Bonchev–Trinajstić information content (AvgIpc) is 2.44. The summed E-state index contributed by atoms with van der Waals surface area (Å²) in [5.74, 6) is 10.4. The second-order valence-electron chi connectivity index (χ2n) is 5.42. The van der Waals surface area contributed by atoms with E-state index in [4.69, 9.17) is 10.6 Å². The summed E-state index contributed by atoms with van der Waals surface area (Å²) in [6, 6.07) is 1.59. The van der Waals surface area contributed by atoms with Gasteiger partial charge in [-0.3, -0.25) is 15.2 Å². The molecule has 1 heterocycles. The summed E-state index contributed by atoms with van der Waals surface area (Å²) in [6.45, 7) is 5.76. The molecule has 0 aliphatic rings. The molecule has 118 valence electrons. The van der Waals surface area contributed by atoms with Crippen LogP contribution in [0.1, 0.15) is 43.1 Å². The van der Waals surface area contributed by atoms with Crippen molar-refractivity contribution in [2.24, 2.45) is 5.84 Å². The van der Waals surface area contributed by atoms with E-state index in [-0.39, 0.29) is 0 Å². The van der Waals surface area contributed by atoms with Crippen LogP contribution in [0.3, 0.4) is 0 Å². The molecule has 0 aromatic carbocycles. The standard InChI is InChI=1S/C15H20N4O3/c1-15(2,3)22-14(21)18-7-5-4-6-11-8-12(10-17-9-11)13(20)19-16/h8-10H,5,7,16H2,1-3H3,(H,18,21)(H,19,20). The van der Waals surface area contributed by atoms with Gasteiger partial charge in [-0.1, -0.05) is 11.8 Å². The summed E-state index contributed by atoms with van der Waals surface area (Å²) in [4.78, 5) is 26.7. The number of aromatic nitrogens is 1. The number of alkyl carbamates (subject to hydrolysis) is 1. The van der Waals surface area contributed by atoms with E-state index in [0.717, 1.165) is 0 Å². The molecule has 7 nitrogen and oxygen atoms in total. The maximum absolute atomic E-state index is 11.4. The van der Waals surface area contributed by atoms with Gasteiger partial charge in [-0.2, -0.15) is 0 Å². The number of hydrogen-bond donors (Lipinski definition) is 3. The van der Waals surface area contributed by atoms with Crippen LogP contribution in [0, 0.1) is 11.8 Å². The number of nitrogens with one attached hydrogen (secondary N) is 2. The monoisotopic (exact) mass is 304 g/mol. The first-order chi connectivity index (χ1) is 10.3. The Morgan fingerprint density at radius 2 is 2.09 bits per heavy atom. The summed E-state index contributed by atoms with van der Waals surface area (Å²) in [6.07, 6.45) is 2.92. The fraction of sp³-hybridized carbons (Fsp3) is 0.400. The lowest BCUT2D eigenvalue weighted by molar-refractivity contribution is 0.0529. The lowest BCUT2D eigenvalue weighted by Gasteiger charge is -2.19. The Morgan fingerprint density at radius 1 is 1.36 bits per heavy atom. The minimum Gasteiger partial charge on any atom is -0.444 e. The fourth-order valence-electron chi connectivity index (χ4n) is 1.42. The Balaban J connectivity index is 2.45. The van der Waals surface area contributed by atoms with Crippen LogP contribution in [0.5, 0.6) is 0 Å². The highest BCUT2D eigenvalue weighted by molar-refractivity contribution is 5.93. The summed E-state index contributed by atoms with van der Waals surface area (Å²) >= 11 is 0. The Hall–Kier alpha value is -2.59. The number of hydrazine groups is 1. The molecular weight excluding hydrogens is 284 g/mol. The van der Waals surface area contributed by atoms with Gasteiger partial charge in [-0.15, -0.1) is 0 Å². The molecule has 0 aliphatic heterocycles. The first kappa shape index (κ1) is 17.5. The first-order valence-electron chi connectivity index (χ1n) is 6.73. The Labute approximate surface area is 129 Å². The van der Waals surface area contributed by atoms with E-state index in [1.54, 1.807) is 33.0 Å². The van der Waals surface area contributed by atoms with Gasteiger partial charge in [0.05, 0.1) is 5.56 Å². The maximum atomic E-state index is 11.4. The number of nitrogen functional groups attached to an aromatic ring is 1. The van der Waals surface area contributed by atoms with Gasteiger partial charge in [-0.25, -0.2) is 10.6 Å². The number of ether oxygens (including phenoxy) is 1. The maximum Gasteiger partial charge on any atom is 0.407 e. The molecule has 0 saturated carbocycles. The number of nitrogens with two attached hydrogens (primary N) is 1. The molecule has 0 fully saturated rings. The van der Waals surface area contributed by atoms with Crippen LogP contribution in [0.15, 0.2) is 18.5 Å². The van der Waals surface area contributed by atoms with E-state index in [2.05, 4.69) is 22.1 Å². The van der Waals surface area contributed by atoms with Crippen molar-refractivity contribution in [1.82, 2.24) is 15.7 Å². The minimum atomic E-state index is -0.522. The van der Waals surface area contributed by atoms with Gasteiger partial charge in [0.25, 0.3) is 5.91 Å². The van der Waals surface area contributed by atoms with Gasteiger partial charge in [0.15, 0.2) is 0 Å². The van der Waals surface area contributed by atoms with Crippen LogP contribution in [-0.4, -0.2) is 29.1 Å². The van der Waals surface area contributed by atoms with E-state index < -0.39 is 17.6 Å². The number of hydrogen-bond acceptors (Lipinski definition) is 5. The van der Waals surface area contributed by atoms with Crippen molar-refractivity contribution in [1.29, 1.82) is 0 Å². The molecule has 1 rings (SSSR count). The molecule has 4 N–H and O–H groups in total. The van der Waals surface area contributed by atoms with Crippen molar-refractivity contribution >= 4 is 12.0 Å². The van der Waals surface area contributed by atoms with E-state index in [1.807, 2.05) is 5.43 Å². The number of carbonyl (C=O) groups is 2. The zero-order valence-corrected chi connectivity index (χ0v) is 12.9. The van der Waals surface area contributed by atoms with E-state index >= 15 is 0 Å². The van der Waals surface area contributed by atoms with Crippen molar-refractivity contribution in [3.8, 4) is 11.8 Å². The normalized spacial score (nSPS) is 10.2. The fourth-order valence-corrected chi connectivity index (χ4v) is 1.42. The molecule has 0 aliphatic carbocycles. The van der Waals surface area contributed by atoms with Crippen LogP contribution in [0.25, 0.3) is 0 Å². The molecule has 0 radical (unpaired) electrons. The van der Waals surface area contributed by atoms with Gasteiger partial charge >= 0.3 is 6.09 Å². The van der Waals surface area contributed by atoms with Gasteiger partial charge in [0, 0.05) is 30.9 Å². The zero-order valence-electron chi connectivity index (χ0n) is 12.9. The molecule has 0 spiro atoms. The van der Waals surface area contributed by atoms with Crippen LogP contribution in [0.2, 0.25) is 0 Å². The molecule has 1 aromatic rings. The predicted octanol–water partition coefficient (Wildman–Crippen LogP) is 0.951. The summed E-state index contributed by atoms with van der Waals surface area (Å²) < 4.78 is 5.09.